The van der Waals surface area contributed by atoms with Crippen molar-refractivity contribution in [2.75, 3.05) is 0 Å². The van der Waals surface area contributed by atoms with Crippen molar-refractivity contribution in [3.05, 3.63) is 33.7 Å². The average Bonchev–Trinajstić information content (AvgIpc) is 2.59. The fourth-order valence-corrected chi connectivity index (χ4v) is 1.67. The summed E-state index contributed by atoms with van der Waals surface area (Å²) in [5.74, 6) is -1.12. The highest BCUT2D eigenvalue weighted by molar-refractivity contribution is 9.12. The maximum absolute atomic E-state index is 11.5. The highest BCUT2D eigenvalue weighted by atomic mass is 79.9. The molecular weight excluding hydrogens is 264 g/mol. The van der Waals surface area contributed by atoms with E-state index in [1.54, 1.807) is 0 Å². The van der Waals surface area contributed by atoms with Crippen LogP contribution in [0.15, 0.2) is 21.0 Å². The highest BCUT2D eigenvalue weighted by Crippen LogP contribution is 2.27. The fraction of sp³-hybridized carbons (Fsp3) is 0.100. The van der Waals surface area contributed by atoms with Gasteiger partial charge in [-0.1, -0.05) is 0 Å². The average molecular weight is 269 g/mol. The zero-order valence-electron chi connectivity index (χ0n) is 7.67. The first kappa shape index (κ1) is 10.0. The van der Waals surface area contributed by atoms with E-state index in [-0.39, 0.29) is 33.1 Å². The summed E-state index contributed by atoms with van der Waals surface area (Å²) in [7, 11) is 0. The van der Waals surface area contributed by atoms with E-state index in [9.17, 15) is 14.4 Å². The van der Waals surface area contributed by atoms with E-state index < -0.39 is 5.78 Å². The molecule has 0 saturated heterocycles. The summed E-state index contributed by atoms with van der Waals surface area (Å²) in [6.07, 6.45) is 1.17. The van der Waals surface area contributed by atoms with Gasteiger partial charge in [0, 0.05) is 13.0 Å². The molecule has 4 nitrogen and oxygen atoms in total. The highest BCUT2D eigenvalue weighted by Gasteiger charge is 2.29. The van der Waals surface area contributed by atoms with Crippen molar-refractivity contribution in [3.8, 4) is 0 Å². The van der Waals surface area contributed by atoms with Gasteiger partial charge in [-0.15, -0.1) is 0 Å². The molecule has 0 spiro atoms. The summed E-state index contributed by atoms with van der Waals surface area (Å²) in [6, 6.07) is 1.30. The molecule has 0 unspecified atom stereocenters. The molecule has 0 fully saturated rings. The first-order chi connectivity index (χ1) is 7.00. The monoisotopic (exact) mass is 268 g/mol. The Bertz CT molecular complexity index is 522. The van der Waals surface area contributed by atoms with Gasteiger partial charge in [-0.2, -0.15) is 0 Å². The van der Waals surface area contributed by atoms with Crippen LogP contribution in [0.4, 0.5) is 0 Å². The summed E-state index contributed by atoms with van der Waals surface area (Å²) in [5, 5.41) is 0. The summed E-state index contributed by atoms with van der Waals surface area (Å²) >= 11 is 2.96. The van der Waals surface area contributed by atoms with Crippen LogP contribution in [0.5, 0.6) is 0 Å². The van der Waals surface area contributed by atoms with Crippen LogP contribution in [0.1, 0.15) is 38.4 Å². The predicted octanol–water partition coefficient (Wildman–Crippen LogP) is 2.14. The van der Waals surface area contributed by atoms with E-state index in [4.69, 9.17) is 4.42 Å². The second-order valence-corrected chi connectivity index (χ2v) is 3.95. The number of allylic oxidation sites excluding steroid dienone is 2. The Balaban J connectivity index is 2.62. The number of carbonyl (C=O) groups is 3. The first-order valence-electron chi connectivity index (χ1n) is 4.11. The number of fused-ring (bicyclic) bond motifs is 1. The molecule has 1 aliphatic carbocycles. The molecule has 0 atom stereocenters. The van der Waals surface area contributed by atoms with Gasteiger partial charge >= 0.3 is 0 Å². The lowest BCUT2D eigenvalue weighted by molar-refractivity contribution is 0.0956. The van der Waals surface area contributed by atoms with Gasteiger partial charge in [0.2, 0.25) is 5.78 Å². The molecule has 5 heteroatoms. The van der Waals surface area contributed by atoms with Gasteiger partial charge in [0.05, 0.1) is 10.0 Å². The number of hydrogen-bond donors (Lipinski definition) is 0. The number of carbonyl (C=O) groups excluding carboxylic acids is 3. The van der Waals surface area contributed by atoms with Crippen LogP contribution < -0.4 is 0 Å². The van der Waals surface area contributed by atoms with Crippen LogP contribution in [0.3, 0.4) is 0 Å². The van der Waals surface area contributed by atoms with E-state index >= 15 is 0 Å². The minimum absolute atomic E-state index is 0.0253. The van der Waals surface area contributed by atoms with E-state index in [0.717, 1.165) is 0 Å². The van der Waals surface area contributed by atoms with Gasteiger partial charge in [-0.3, -0.25) is 14.4 Å². The standard InChI is InChI=1S/C10H5BrO4/c1-4(12)8-2-5-7(13)3-6(11)9(14)10(5)15-8/h2-3H,1H3. The topological polar surface area (TPSA) is 64.3 Å². The van der Waals surface area contributed by atoms with Gasteiger partial charge in [0.15, 0.2) is 23.1 Å². The quantitative estimate of drug-likeness (QED) is 0.732. The smallest absolute Gasteiger partial charge is 0.236 e. The number of halogens is 1. The molecule has 15 heavy (non-hydrogen) atoms. The lowest BCUT2D eigenvalue weighted by Crippen LogP contribution is -2.11. The molecule has 1 aromatic rings. The molecule has 76 valence electrons. The van der Waals surface area contributed by atoms with Crippen LogP contribution in [-0.4, -0.2) is 17.3 Å². The van der Waals surface area contributed by atoms with Crippen LogP contribution in [0, 0.1) is 0 Å². The first-order valence-corrected chi connectivity index (χ1v) is 4.91. The Morgan fingerprint density at radius 1 is 1.40 bits per heavy atom. The molecular formula is C10H5BrO4. The molecule has 1 aliphatic rings. The molecule has 0 aliphatic heterocycles. The minimum atomic E-state index is -0.419. The minimum Gasteiger partial charge on any atom is -0.449 e. The van der Waals surface area contributed by atoms with Crippen LogP contribution in [-0.2, 0) is 0 Å². The molecule has 0 aromatic carbocycles. The Morgan fingerprint density at radius 2 is 2.07 bits per heavy atom. The van der Waals surface area contributed by atoms with E-state index in [0.29, 0.717) is 0 Å². The maximum atomic E-state index is 11.5. The lowest BCUT2D eigenvalue weighted by Gasteiger charge is -2.03. The van der Waals surface area contributed by atoms with E-state index in [2.05, 4.69) is 15.9 Å². The SMILES string of the molecule is CC(=O)c1cc2c(o1)C(=O)C(Br)=CC2=O. The Labute approximate surface area is 93.1 Å². The third kappa shape index (κ3) is 1.48. The number of Topliss-reactive ketones (excluding diaryl/α,β-unsaturated/α-hetero) is 2. The molecule has 2 rings (SSSR count). The van der Waals surface area contributed by atoms with Crippen LogP contribution in [0.25, 0.3) is 0 Å². The lowest BCUT2D eigenvalue weighted by atomic mass is 10.0. The van der Waals surface area contributed by atoms with Crippen LogP contribution >= 0.6 is 15.9 Å². The molecule has 0 radical (unpaired) electrons. The summed E-state index contributed by atoms with van der Waals surface area (Å²) in [6.45, 7) is 1.31. The normalized spacial score (nSPS) is 14.9. The zero-order chi connectivity index (χ0) is 11.2. The van der Waals surface area contributed by atoms with Crippen molar-refractivity contribution in [2.24, 2.45) is 0 Å². The van der Waals surface area contributed by atoms with Crippen molar-refractivity contribution in [1.82, 2.24) is 0 Å². The molecule has 0 N–H and O–H groups in total. The summed E-state index contributed by atoms with van der Waals surface area (Å²) in [5.41, 5.74) is 0.147. The third-order valence-electron chi connectivity index (χ3n) is 2.03. The predicted molar refractivity (Wildman–Crippen MR) is 54.4 cm³/mol. The second kappa shape index (κ2) is 3.27. The largest absolute Gasteiger partial charge is 0.449 e. The van der Waals surface area contributed by atoms with E-state index in [1.165, 1.54) is 19.1 Å². The second-order valence-electron chi connectivity index (χ2n) is 3.10. The van der Waals surface area contributed by atoms with Crippen molar-refractivity contribution < 1.29 is 18.8 Å². The number of hydrogen-bond acceptors (Lipinski definition) is 4. The van der Waals surface area contributed by atoms with E-state index in [1.807, 2.05) is 0 Å². The molecule has 0 amide bonds. The summed E-state index contributed by atoms with van der Waals surface area (Å²) in [4.78, 5) is 34.0. The molecule has 1 heterocycles. The van der Waals surface area contributed by atoms with Crippen molar-refractivity contribution in [1.29, 1.82) is 0 Å². The molecule has 0 bridgehead atoms. The maximum Gasteiger partial charge on any atom is 0.236 e. The van der Waals surface area contributed by atoms with Gasteiger partial charge in [0.1, 0.15) is 0 Å². The Hall–Kier alpha value is -1.49. The number of furan rings is 1. The van der Waals surface area contributed by atoms with Crippen molar-refractivity contribution in [3.63, 3.8) is 0 Å². The Kier molecular flexibility index (Phi) is 2.19. The van der Waals surface area contributed by atoms with Crippen molar-refractivity contribution >= 4 is 33.3 Å². The summed E-state index contributed by atoms with van der Waals surface area (Å²) < 4.78 is 5.17. The number of ketones is 3. The number of rotatable bonds is 1. The third-order valence-corrected chi connectivity index (χ3v) is 2.61. The molecule has 1 aromatic heterocycles. The van der Waals surface area contributed by atoms with Gasteiger partial charge in [-0.05, 0) is 22.0 Å². The molecule has 0 saturated carbocycles. The van der Waals surface area contributed by atoms with Gasteiger partial charge in [0.25, 0.3) is 0 Å². The Morgan fingerprint density at radius 3 is 2.67 bits per heavy atom. The van der Waals surface area contributed by atoms with Gasteiger partial charge < -0.3 is 4.42 Å². The van der Waals surface area contributed by atoms with Gasteiger partial charge in [-0.25, -0.2) is 0 Å². The zero-order valence-corrected chi connectivity index (χ0v) is 9.25. The van der Waals surface area contributed by atoms with Crippen LogP contribution in [0.2, 0.25) is 0 Å². The van der Waals surface area contributed by atoms with Crippen molar-refractivity contribution in [2.45, 2.75) is 6.92 Å². The fourth-order valence-electron chi connectivity index (χ4n) is 1.28.